The first-order chi connectivity index (χ1) is 10.9. The highest BCUT2D eigenvalue weighted by Crippen LogP contribution is 2.27. The largest absolute Gasteiger partial charge is 0.469 e. The van der Waals surface area contributed by atoms with Crippen LogP contribution in [-0.4, -0.2) is 49.4 Å². The number of β-amino-alcohol motifs (C(OH)–C–C–N with tert-alkyl or cyclic N) is 1. The highest BCUT2D eigenvalue weighted by molar-refractivity contribution is 5.96. The van der Waals surface area contributed by atoms with Gasteiger partial charge in [-0.2, -0.15) is 0 Å². The molecule has 3 heterocycles. The number of likely N-dealkylation sites (tertiary alicyclic amines) is 1. The number of furan rings is 1. The fourth-order valence-electron chi connectivity index (χ4n) is 3.24. The molecule has 1 saturated heterocycles. The summed E-state index contributed by atoms with van der Waals surface area (Å²) in [6, 6.07) is 0. The molecule has 124 valence electrons. The van der Waals surface area contributed by atoms with Crippen molar-refractivity contribution in [3.8, 4) is 0 Å². The number of hydrogen-bond donors (Lipinski definition) is 1. The van der Waals surface area contributed by atoms with E-state index in [4.69, 9.17) is 4.42 Å². The van der Waals surface area contributed by atoms with E-state index in [1.54, 1.807) is 29.0 Å². The van der Waals surface area contributed by atoms with Crippen molar-refractivity contribution < 1.29 is 14.3 Å². The molecular formula is C16H22N4O3. The number of nitrogens with zero attached hydrogens (tertiary/aromatic N) is 4. The maximum Gasteiger partial charge on any atom is 0.257 e. The Morgan fingerprint density at radius 2 is 2.26 bits per heavy atom. The molecule has 0 spiro atoms. The van der Waals surface area contributed by atoms with Crippen molar-refractivity contribution in [3.05, 3.63) is 35.3 Å². The first-order valence-electron chi connectivity index (χ1n) is 7.79. The molecule has 2 aromatic heterocycles. The fraction of sp³-hybridized carbons (Fsp3) is 0.562. The van der Waals surface area contributed by atoms with E-state index >= 15 is 0 Å². The lowest BCUT2D eigenvalue weighted by molar-refractivity contribution is -0.0259. The third-order valence-electron chi connectivity index (χ3n) is 4.51. The van der Waals surface area contributed by atoms with Crippen LogP contribution in [0.3, 0.4) is 0 Å². The summed E-state index contributed by atoms with van der Waals surface area (Å²) in [5, 5.41) is 18.8. The third kappa shape index (κ3) is 3.01. The van der Waals surface area contributed by atoms with Crippen LogP contribution in [0.4, 0.5) is 0 Å². The minimum atomic E-state index is -0.972. The molecule has 1 fully saturated rings. The summed E-state index contributed by atoms with van der Waals surface area (Å²) in [7, 11) is 1.85. The highest BCUT2D eigenvalue weighted by Gasteiger charge is 2.37. The molecule has 1 atom stereocenters. The van der Waals surface area contributed by atoms with E-state index in [1.807, 2.05) is 14.0 Å². The van der Waals surface area contributed by atoms with Crippen LogP contribution in [0.5, 0.6) is 0 Å². The average molecular weight is 318 g/mol. The summed E-state index contributed by atoms with van der Waals surface area (Å²) < 4.78 is 7.12. The predicted molar refractivity (Wildman–Crippen MR) is 83.0 cm³/mol. The minimum absolute atomic E-state index is 0.0789. The average Bonchev–Trinajstić information content (AvgIpc) is 3.04. The Labute approximate surface area is 134 Å². The monoisotopic (exact) mass is 318 g/mol. The van der Waals surface area contributed by atoms with E-state index in [0.29, 0.717) is 37.3 Å². The van der Waals surface area contributed by atoms with Gasteiger partial charge < -0.3 is 19.0 Å². The van der Waals surface area contributed by atoms with Crippen molar-refractivity contribution in [1.82, 2.24) is 19.7 Å². The van der Waals surface area contributed by atoms with Crippen molar-refractivity contribution in [2.45, 2.75) is 38.7 Å². The number of hydrogen-bond acceptors (Lipinski definition) is 5. The molecule has 0 saturated carbocycles. The van der Waals surface area contributed by atoms with Gasteiger partial charge in [0, 0.05) is 25.6 Å². The smallest absolute Gasteiger partial charge is 0.257 e. The van der Waals surface area contributed by atoms with Crippen LogP contribution < -0.4 is 0 Å². The number of carbonyl (C=O) groups is 1. The van der Waals surface area contributed by atoms with Crippen molar-refractivity contribution in [2.75, 3.05) is 13.1 Å². The quantitative estimate of drug-likeness (QED) is 0.920. The Bertz CT molecular complexity index is 701. The van der Waals surface area contributed by atoms with Crippen molar-refractivity contribution in [1.29, 1.82) is 0 Å². The van der Waals surface area contributed by atoms with Gasteiger partial charge in [-0.05, 0) is 26.7 Å². The summed E-state index contributed by atoms with van der Waals surface area (Å²) in [5.41, 5.74) is 0.461. The zero-order valence-electron chi connectivity index (χ0n) is 13.7. The predicted octanol–water partition coefficient (Wildman–Crippen LogP) is 1.23. The van der Waals surface area contributed by atoms with Gasteiger partial charge in [0.25, 0.3) is 5.91 Å². The first-order valence-corrected chi connectivity index (χ1v) is 7.79. The van der Waals surface area contributed by atoms with Crippen molar-refractivity contribution in [3.63, 3.8) is 0 Å². The molecule has 1 aliphatic rings. The number of carbonyl (C=O) groups excluding carboxylic acids is 1. The van der Waals surface area contributed by atoms with Gasteiger partial charge >= 0.3 is 0 Å². The van der Waals surface area contributed by atoms with Gasteiger partial charge in [-0.15, -0.1) is 10.2 Å². The van der Waals surface area contributed by atoms with Gasteiger partial charge in [0.1, 0.15) is 17.9 Å². The Hall–Kier alpha value is -2.15. The first kappa shape index (κ1) is 15.7. The zero-order valence-corrected chi connectivity index (χ0v) is 13.7. The Morgan fingerprint density at radius 3 is 2.87 bits per heavy atom. The van der Waals surface area contributed by atoms with Gasteiger partial charge in [0.05, 0.1) is 24.0 Å². The zero-order chi connectivity index (χ0) is 16.6. The van der Waals surface area contributed by atoms with Crippen molar-refractivity contribution >= 4 is 5.91 Å². The summed E-state index contributed by atoms with van der Waals surface area (Å²) in [5.74, 6) is 1.26. The molecule has 2 aromatic rings. The van der Waals surface area contributed by atoms with Gasteiger partial charge in [-0.1, -0.05) is 0 Å². The third-order valence-corrected chi connectivity index (χ3v) is 4.51. The molecule has 0 aliphatic carbocycles. The maximum atomic E-state index is 12.8. The van der Waals surface area contributed by atoms with E-state index in [9.17, 15) is 9.90 Å². The normalized spacial score (nSPS) is 21.7. The number of rotatable bonds is 3. The van der Waals surface area contributed by atoms with Crippen LogP contribution in [-0.2, 0) is 13.5 Å². The Kier molecular flexibility index (Phi) is 3.97. The molecule has 0 bridgehead atoms. The topological polar surface area (TPSA) is 84.4 Å². The standard InChI is InChI=1S/C16H22N4O3/c1-11-8-23-12(2)14(11)15(21)20-6-4-5-16(22,9-20)7-13-18-17-10-19(13)3/h8,10,22H,4-7,9H2,1-3H3. The van der Waals surface area contributed by atoms with E-state index in [-0.39, 0.29) is 5.91 Å². The summed E-state index contributed by atoms with van der Waals surface area (Å²) >= 11 is 0. The summed E-state index contributed by atoms with van der Waals surface area (Å²) in [4.78, 5) is 14.5. The van der Waals surface area contributed by atoms with E-state index < -0.39 is 5.60 Å². The molecule has 1 amide bonds. The van der Waals surface area contributed by atoms with Gasteiger partial charge in [-0.25, -0.2) is 0 Å². The molecule has 1 N–H and O–H groups in total. The molecule has 0 radical (unpaired) electrons. The molecule has 3 rings (SSSR count). The highest BCUT2D eigenvalue weighted by atomic mass is 16.3. The fourth-order valence-corrected chi connectivity index (χ4v) is 3.24. The van der Waals surface area contributed by atoms with Crippen LogP contribution in [0.15, 0.2) is 17.0 Å². The molecule has 0 aromatic carbocycles. The Morgan fingerprint density at radius 1 is 1.48 bits per heavy atom. The number of piperidine rings is 1. The maximum absolute atomic E-state index is 12.8. The number of aromatic nitrogens is 3. The lowest BCUT2D eigenvalue weighted by Gasteiger charge is -2.39. The second-order valence-electron chi connectivity index (χ2n) is 6.44. The SMILES string of the molecule is Cc1coc(C)c1C(=O)N1CCCC(O)(Cc2nncn2C)C1. The number of amides is 1. The van der Waals surface area contributed by atoms with Crippen LogP contribution in [0, 0.1) is 13.8 Å². The van der Waals surface area contributed by atoms with Crippen LogP contribution in [0.2, 0.25) is 0 Å². The van der Waals surface area contributed by atoms with Gasteiger partial charge in [0.15, 0.2) is 0 Å². The second-order valence-corrected chi connectivity index (χ2v) is 6.44. The minimum Gasteiger partial charge on any atom is -0.469 e. The van der Waals surface area contributed by atoms with Crippen LogP contribution >= 0.6 is 0 Å². The number of aryl methyl sites for hydroxylation is 3. The van der Waals surface area contributed by atoms with Gasteiger partial charge in [0.2, 0.25) is 0 Å². The molecule has 23 heavy (non-hydrogen) atoms. The Balaban J connectivity index is 1.78. The van der Waals surface area contributed by atoms with E-state index in [1.165, 1.54) is 0 Å². The van der Waals surface area contributed by atoms with Crippen LogP contribution in [0.1, 0.15) is 40.3 Å². The van der Waals surface area contributed by atoms with Crippen LogP contribution in [0.25, 0.3) is 0 Å². The van der Waals surface area contributed by atoms with Crippen molar-refractivity contribution in [2.24, 2.45) is 7.05 Å². The molecule has 7 heteroatoms. The second kappa shape index (κ2) is 5.81. The number of aliphatic hydroxyl groups is 1. The summed E-state index contributed by atoms with van der Waals surface area (Å²) in [6.45, 7) is 4.59. The van der Waals surface area contributed by atoms with E-state index in [2.05, 4.69) is 10.2 Å². The summed E-state index contributed by atoms with van der Waals surface area (Å²) in [6.07, 6.45) is 5.00. The molecule has 1 unspecified atom stereocenters. The lowest BCUT2D eigenvalue weighted by Crippen LogP contribution is -2.51. The van der Waals surface area contributed by atoms with Gasteiger partial charge in [-0.3, -0.25) is 4.79 Å². The lowest BCUT2D eigenvalue weighted by atomic mass is 9.88. The molecular weight excluding hydrogens is 296 g/mol. The molecule has 1 aliphatic heterocycles. The van der Waals surface area contributed by atoms with E-state index in [0.717, 1.165) is 17.8 Å². The molecule has 7 nitrogen and oxygen atoms in total.